The van der Waals surface area contributed by atoms with Crippen molar-refractivity contribution in [2.24, 2.45) is 5.73 Å². The van der Waals surface area contributed by atoms with Crippen LogP contribution in [0, 0.1) is 5.82 Å². The number of halogens is 2. The molecular weight excluding hydrogens is 279 g/mol. The summed E-state index contributed by atoms with van der Waals surface area (Å²) in [5.74, 6) is -0.319. The molecule has 2 rings (SSSR count). The molecule has 0 bridgehead atoms. The molecule has 3 nitrogen and oxygen atoms in total. The Balaban J connectivity index is 2.29. The van der Waals surface area contributed by atoms with Gasteiger partial charge in [0, 0.05) is 30.2 Å². The molecule has 0 aromatic heterocycles. The third-order valence-corrected chi connectivity index (χ3v) is 4.09. The highest BCUT2D eigenvalue weighted by Gasteiger charge is 2.31. The van der Waals surface area contributed by atoms with E-state index in [1.165, 1.54) is 12.1 Å². The topological polar surface area (TPSA) is 38.5 Å². The van der Waals surface area contributed by atoms with Crippen molar-refractivity contribution in [1.82, 2.24) is 4.90 Å². The molecule has 1 aliphatic heterocycles. The van der Waals surface area contributed by atoms with Crippen LogP contribution in [-0.4, -0.2) is 36.7 Å². The van der Waals surface area contributed by atoms with Gasteiger partial charge >= 0.3 is 0 Å². The summed E-state index contributed by atoms with van der Waals surface area (Å²) in [4.78, 5) is 2.32. The molecule has 0 aliphatic carbocycles. The predicted molar refractivity (Wildman–Crippen MR) is 79.4 cm³/mol. The van der Waals surface area contributed by atoms with Crippen molar-refractivity contribution in [3.8, 4) is 0 Å². The molecule has 1 fully saturated rings. The molecule has 0 radical (unpaired) electrons. The van der Waals surface area contributed by atoms with Gasteiger partial charge in [0.05, 0.1) is 12.7 Å². The summed E-state index contributed by atoms with van der Waals surface area (Å²) in [6, 6.07) is 4.92. The maximum Gasteiger partial charge on any atom is 0.125 e. The van der Waals surface area contributed by atoms with Gasteiger partial charge in [-0.1, -0.05) is 18.5 Å². The van der Waals surface area contributed by atoms with E-state index in [2.05, 4.69) is 11.8 Å². The molecule has 0 saturated carbocycles. The van der Waals surface area contributed by atoms with E-state index in [-0.39, 0.29) is 18.0 Å². The van der Waals surface area contributed by atoms with Crippen LogP contribution in [0.3, 0.4) is 0 Å². The van der Waals surface area contributed by atoms with Crippen molar-refractivity contribution in [1.29, 1.82) is 0 Å². The molecule has 0 amide bonds. The van der Waals surface area contributed by atoms with Crippen molar-refractivity contribution in [3.05, 3.63) is 34.6 Å². The summed E-state index contributed by atoms with van der Waals surface area (Å²) in [7, 11) is 0. The Labute approximate surface area is 124 Å². The third kappa shape index (κ3) is 3.50. The highest BCUT2D eigenvalue weighted by atomic mass is 35.5. The second-order valence-electron chi connectivity index (χ2n) is 5.36. The van der Waals surface area contributed by atoms with E-state index in [0.29, 0.717) is 24.2 Å². The third-order valence-electron chi connectivity index (χ3n) is 3.87. The molecule has 112 valence electrons. The Kier molecular flexibility index (Phi) is 5.38. The Hall–Kier alpha value is -0.680. The molecule has 1 saturated heterocycles. The normalized spacial score (nSPS) is 25.6. The smallest absolute Gasteiger partial charge is 0.125 e. The van der Waals surface area contributed by atoms with E-state index in [9.17, 15) is 4.39 Å². The van der Waals surface area contributed by atoms with Gasteiger partial charge in [0.2, 0.25) is 0 Å². The van der Waals surface area contributed by atoms with Crippen LogP contribution < -0.4 is 5.73 Å². The molecule has 1 aromatic carbocycles. The lowest BCUT2D eigenvalue weighted by atomic mass is 10.0. The van der Waals surface area contributed by atoms with Crippen LogP contribution in [0.1, 0.15) is 31.9 Å². The summed E-state index contributed by atoms with van der Waals surface area (Å²) in [5, 5.41) is 0.410. The quantitative estimate of drug-likeness (QED) is 0.929. The maximum absolute atomic E-state index is 13.6. The van der Waals surface area contributed by atoms with Crippen LogP contribution in [0.25, 0.3) is 0 Å². The Morgan fingerprint density at radius 2 is 2.25 bits per heavy atom. The van der Waals surface area contributed by atoms with Gasteiger partial charge in [-0.25, -0.2) is 4.39 Å². The number of hydrogen-bond acceptors (Lipinski definition) is 3. The lowest BCUT2D eigenvalue weighted by molar-refractivity contribution is -0.0719. The van der Waals surface area contributed by atoms with Gasteiger partial charge in [-0.05, 0) is 37.1 Å². The molecular formula is C15H22ClFN2O. The zero-order valence-electron chi connectivity index (χ0n) is 12.0. The average molecular weight is 301 g/mol. The molecule has 5 heteroatoms. The first-order valence-electron chi connectivity index (χ1n) is 7.08. The second-order valence-corrected chi connectivity index (χ2v) is 5.79. The van der Waals surface area contributed by atoms with Crippen LogP contribution in [0.15, 0.2) is 18.2 Å². The van der Waals surface area contributed by atoms with Crippen LogP contribution in [0.4, 0.5) is 4.39 Å². The molecule has 1 heterocycles. The number of nitrogens with zero attached hydrogens (tertiary/aromatic N) is 1. The van der Waals surface area contributed by atoms with Gasteiger partial charge in [-0.2, -0.15) is 0 Å². The van der Waals surface area contributed by atoms with E-state index in [0.717, 1.165) is 18.5 Å². The van der Waals surface area contributed by atoms with Crippen LogP contribution in [0.5, 0.6) is 0 Å². The number of nitrogens with two attached hydrogens (primary N) is 1. The van der Waals surface area contributed by atoms with Crippen LogP contribution in [0.2, 0.25) is 5.02 Å². The van der Waals surface area contributed by atoms with E-state index in [4.69, 9.17) is 22.1 Å². The van der Waals surface area contributed by atoms with E-state index in [1.54, 1.807) is 6.07 Å². The van der Waals surface area contributed by atoms with Crippen LogP contribution >= 0.6 is 11.6 Å². The van der Waals surface area contributed by atoms with Crippen molar-refractivity contribution in [2.75, 3.05) is 19.7 Å². The Bertz CT molecular complexity index is 437. The molecule has 20 heavy (non-hydrogen) atoms. The molecule has 2 N–H and O–H groups in total. The minimum absolute atomic E-state index is 0.0282. The second kappa shape index (κ2) is 6.85. The average Bonchev–Trinajstić information content (AvgIpc) is 2.39. The summed E-state index contributed by atoms with van der Waals surface area (Å²) >= 11 is 5.97. The van der Waals surface area contributed by atoms with E-state index < -0.39 is 0 Å². The zero-order chi connectivity index (χ0) is 14.7. The number of benzene rings is 1. The lowest BCUT2D eigenvalue weighted by Crippen LogP contribution is -2.51. The number of ether oxygens (including phenoxy) is 1. The van der Waals surface area contributed by atoms with Crippen molar-refractivity contribution in [2.45, 2.75) is 38.5 Å². The van der Waals surface area contributed by atoms with Gasteiger partial charge in [0.15, 0.2) is 0 Å². The molecule has 1 aliphatic rings. The van der Waals surface area contributed by atoms with Crippen molar-refractivity contribution >= 4 is 11.6 Å². The molecule has 0 spiro atoms. The van der Waals surface area contributed by atoms with Gasteiger partial charge < -0.3 is 10.5 Å². The van der Waals surface area contributed by atoms with E-state index in [1.807, 2.05) is 6.92 Å². The summed E-state index contributed by atoms with van der Waals surface area (Å²) in [5.41, 5.74) is 6.79. The number of rotatable bonds is 4. The highest BCUT2D eigenvalue weighted by Crippen LogP contribution is 2.29. The fraction of sp³-hybridized carbons (Fsp3) is 0.600. The Morgan fingerprint density at radius 3 is 2.85 bits per heavy atom. The van der Waals surface area contributed by atoms with Gasteiger partial charge in [-0.3, -0.25) is 4.90 Å². The van der Waals surface area contributed by atoms with Crippen molar-refractivity contribution < 1.29 is 9.13 Å². The first-order valence-corrected chi connectivity index (χ1v) is 7.46. The lowest BCUT2D eigenvalue weighted by Gasteiger charge is -2.43. The summed E-state index contributed by atoms with van der Waals surface area (Å²) < 4.78 is 19.3. The fourth-order valence-electron chi connectivity index (χ4n) is 2.83. The van der Waals surface area contributed by atoms with Gasteiger partial charge in [0.1, 0.15) is 5.82 Å². The number of hydrogen-bond donors (Lipinski definition) is 1. The standard InChI is InChI=1S/C15H22ClFN2O/c1-3-14-9-20-10(2)8-19(14)15(7-18)11-4-12(16)6-13(17)5-11/h4-6,10,14-15H,3,7-9,18H2,1-2H3. The van der Waals surface area contributed by atoms with Gasteiger partial charge in [-0.15, -0.1) is 0 Å². The molecule has 1 aromatic rings. The molecule has 3 atom stereocenters. The highest BCUT2D eigenvalue weighted by molar-refractivity contribution is 6.30. The maximum atomic E-state index is 13.6. The Morgan fingerprint density at radius 1 is 1.50 bits per heavy atom. The SMILES string of the molecule is CCC1COC(C)CN1C(CN)c1cc(F)cc(Cl)c1. The first kappa shape index (κ1) is 15.7. The first-order chi connectivity index (χ1) is 9.55. The fourth-order valence-corrected chi connectivity index (χ4v) is 3.06. The monoisotopic (exact) mass is 300 g/mol. The predicted octanol–water partition coefficient (Wildman–Crippen LogP) is 2.98. The minimum Gasteiger partial charge on any atom is -0.376 e. The van der Waals surface area contributed by atoms with Gasteiger partial charge in [0.25, 0.3) is 0 Å². The largest absolute Gasteiger partial charge is 0.376 e. The summed E-state index contributed by atoms with van der Waals surface area (Å²) in [6.07, 6.45) is 1.14. The van der Waals surface area contributed by atoms with Crippen LogP contribution in [-0.2, 0) is 4.74 Å². The van der Waals surface area contributed by atoms with Crippen molar-refractivity contribution in [3.63, 3.8) is 0 Å². The molecule has 3 unspecified atom stereocenters. The minimum atomic E-state index is -0.319. The zero-order valence-corrected chi connectivity index (χ0v) is 12.7. The van der Waals surface area contributed by atoms with E-state index >= 15 is 0 Å². The summed E-state index contributed by atoms with van der Waals surface area (Å²) in [6.45, 7) is 6.10. The number of morpholine rings is 1.